The maximum Gasteiger partial charge on any atom is 0.302 e. The lowest BCUT2D eigenvalue weighted by atomic mass is 9.82. The van der Waals surface area contributed by atoms with Crippen molar-refractivity contribution in [3.05, 3.63) is 18.7 Å². The number of aliphatic hydroxyl groups is 3. The highest BCUT2D eigenvalue weighted by Gasteiger charge is 2.63. The minimum absolute atomic E-state index is 0.0446. The van der Waals surface area contributed by atoms with Gasteiger partial charge in [-0.15, -0.1) is 0 Å². The lowest BCUT2D eigenvalue weighted by Gasteiger charge is -2.53. The third kappa shape index (κ3) is 4.93. The van der Waals surface area contributed by atoms with Gasteiger partial charge in [0.2, 0.25) is 11.9 Å². The van der Waals surface area contributed by atoms with Crippen LogP contribution < -0.4 is 16.0 Å². The first-order chi connectivity index (χ1) is 17.8. The molecule has 198 valence electrons. The Kier molecular flexibility index (Phi) is 7.58. The lowest BCUT2D eigenvalue weighted by molar-refractivity contribution is -0.142. The number of quaternary nitrogens is 1. The molecule has 15 nitrogen and oxygen atoms in total. The van der Waals surface area contributed by atoms with Gasteiger partial charge in [-0.05, 0) is 6.42 Å². The Bertz CT molecular complexity index is 1290. The number of ether oxygens (including phenoxy) is 1. The van der Waals surface area contributed by atoms with Gasteiger partial charge in [-0.1, -0.05) is 0 Å². The number of nitrogens with zero attached hydrogens (tertiary/aromatic N) is 8. The van der Waals surface area contributed by atoms with Crippen LogP contribution in [0.2, 0.25) is 0 Å². The summed E-state index contributed by atoms with van der Waals surface area (Å²) in [7, 11) is 0. The molecule has 1 saturated heterocycles. The van der Waals surface area contributed by atoms with Crippen molar-refractivity contribution in [3.8, 4) is 0 Å². The zero-order valence-corrected chi connectivity index (χ0v) is 20.4. The molecule has 1 spiro atoms. The summed E-state index contributed by atoms with van der Waals surface area (Å²) in [5.74, 6) is 0.584. The molecule has 0 saturated carbocycles. The Morgan fingerprint density at radius 3 is 2.54 bits per heavy atom. The second kappa shape index (κ2) is 10.7. The smallest absolute Gasteiger partial charge is 0.302 e. The van der Waals surface area contributed by atoms with Crippen molar-refractivity contribution >= 4 is 46.9 Å². The zero-order chi connectivity index (χ0) is 26.6. The monoisotopic (exact) mass is 515 g/mol. The molecule has 1 fully saturated rings. The van der Waals surface area contributed by atoms with E-state index in [0.29, 0.717) is 35.6 Å². The largest absolute Gasteiger partial charge is 0.465 e. The van der Waals surface area contributed by atoms with Crippen molar-refractivity contribution in [3.63, 3.8) is 0 Å². The first-order valence-corrected chi connectivity index (χ1v) is 11.7. The SMILES string of the molecule is CC(=O)OCC(CO)CCn1cnc2cnc(N)nc21.Nc1ncc2c(n1)[N+]1(C=N2)CCC1(CO)CO. The van der Waals surface area contributed by atoms with E-state index in [1.54, 1.807) is 25.1 Å². The third-order valence-electron chi connectivity index (χ3n) is 6.84. The molecule has 2 aliphatic rings. The molecule has 37 heavy (non-hydrogen) atoms. The number of carbonyl (C=O) groups is 1. The zero-order valence-electron chi connectivity index (χ0n) is 20.4. The fraction of sp³-hybridized carbons (Fsp3) is 0.500. The average molecular weight is 516 g/mol. The third-order valence-corrected chi connectivity index (χ3v) is 6.84. The van der Waals surface area contributed by atoms with Crippen molar-refractivity contribution in [2.45, 2.75) is 31.8 Å². The number of aromatic nitrogens is 6. The first kappa shape index (κ1) is 26.3. The van der Waals surface area contributed by atoms with E-state index < -0.39 is 5.54 Å². The van der Waals surface area contributed by atoms with Crippen LogP contribution >= 0.6 is 0 Å². The molecular formula is C22H31N10O5+. The van der Waals surface area contributed by atoms with Gasteiger partial charge in [0, 0.05) is 26.0 Å². The van der Waals surface area contributed by atoms with Gasteiger partial charge in [-0.3, -0.25) is 4.79 Å². The van der Waals surface area contributed by atoms with Crippen molar-refractivity contribution in [1.82, 2.24) is 34.0 Å². The molecule has 3 aromatic heterocycles. The summed E-state index contributed by atoms with van der Waals surface area (Å²) in [6, 6.07) is 0. The van der Waals surface area contributed by atoms with Crippen LogP contribution in [0.5, 0.6) is 0 Å². The van der Waals surface area contributed by atoms with Crippen molar-refractivity contribution in [2.24, 2.45) is 10.9 Å². The van der Waals surface area contributed by atoms with Gasteiger partial charge in [-0.2, -0.15) is 15.0 Å². The number of carbonyl (C=O) groups excluding carboxylic acids is 1. The van der Waals surface area contributed by atoms with Crippen molar-refractivity contribution < 1.29 is 24.9 Å². The summed E-state index contributed by atoms with van der Waals surface area (Å²) in [6.45, 7) is 2.63. The van der Waals surface area contributed by atoms with Crippen molar-refractivity contribution in [2.75, 3.05) is 44.4 Å². The fourth-order valence-electron chi connectivity index (χ4n) is 4.44. The van der Waals surface area contributed by atoms with Gasteiger partial charge in [0.25, 0.3) is 5.82 Å². The molecule has 0 amide bonds. The summed E-state index contributed by atoms with van der Waals surface area (Å²) in [5.41, 5.74) is 12.5. The highest BCUT2D eigenvalue weighted by Crippen LogP contribution is 2.48. The molecule has 0 aliphatic carbocycles. The summed E-state index contributed by atoms with van der Waals surface area (Å²) in [6.07, 6.45) is 7.87. The Balaban J connectivity index is 0.000000175. The predicted molar refractivity (Wildman–Crippen MR) is 134 cm³/mol. The predicted octanol–water partition coefficient (Wildman–Crippen LogP) is -0.863. The van der Waals surface area contributed by atoms with Crippen LogP contribution in [-0.4, -0.2) is 95.6 Å². The Morgan fingerprint density at radius 2 is 1.89 bits per heavy atom. The second-order valence-electron chi connectivity index (χ2n) is 9.08. The van der Waals surface area contributed by atoms with Crippen LogP contribution in [0.25, 0.3) is 11.2 Å². The average Bonchev–Trinajstić information content (AvgIpc) is 3.47. The minimum Gasteiger partial charge on any atom is -0.465 e. The summed E-state index contributed by atoms with van der Waals surface area (Å²) < 4.78 is 7.02. The number of fused-ring (bicyclic) bond motifs is 3. The molecule has 2 unspecified atom stereocenters. The number of imidazole rings is 1. The number of anilines is 2. The van der Waals surface area contributed by atoms with Crippen LogP contribution in [0.4, 0.5) is 23.4 Å². The normalized spacial score (nSPS) is 19.7. The van der Waals surface area contributed by atoms with Gasteiger partial charge in [-0.25, -0.2) is 19.4 Å². The lowest BCUT2D eigenvalue weighted by Crippen LogP contribution is -2.77. The first-order valence-electron chi connectivity index (χ1n) is 11.7. The van der Waals surface area contributed by atoms with E-state index in [1.165, 1.54) is 6.92 Å². The number of aryl methyl sites for hydroxylation is 1. The number of nitrogen functional groups attached to an aromatic ring is 2. The van der Waals surface area contributed by atoms with Gasteiger partial charge in [0.15, 0.2) is 23.2 Å². The maximum absolute atomic E-state index is 10.8. The summed E-state index contributed by atoms with van der Waals surface area (Å²) in [5, 5.41) is 28.4. The number of rotatable bonds is 8. The molecule has 0 radical (unpaired) electrons. The highest BCUT2D eigenvalue weighted by molar-refractivity contribution is 5.89. The topological polar surface area (TPSA) is 221 Å². The molecule has 5 heterocycles. The van der Waals surface area contributed by atoms with E-state index >= 15 is 0 Å². The van der Waals surface area contributed by atoms with E-state index in [2.05, 4.69) is 29.9 Å². The van der Waals surface area contributed by atoms with Crippen LogP contribution in [0.15, 0.2) is 23.7 Å². The molecule has 0 aromatic carbocycles. The summed E-state index contributed by atoms with van der Waals surface area (Å²) >= 11 is 0. The molecule has 5 rings (SSSR count). The minimum atomic E-state index is -0.629. The maximum atomic E-state index is 10.8. The number of nitrogens with two attached hydrogens (primary N) is 2. The van der Waals surface area contributed by atoms with Gasteiger partial charge < -0.3 is 36.1 Å². The molecular weight excluding hydrogens is 484 g/mol. The van der Waals surface area contributed by atoms with E-state index in [0.717, 1.165) is 13.0 Å². The van der Waals surface area contributed by atoms with E-state index in [-0.39, 0.29) is 54.7 Å². The van der Waals surface area contributed by atoms with Crippen LogP contribution in [0.3, 0.4) is 0 Å². The molecule has 3 aromatic rings. The Morgan fingerprint density at radius 1 is 1.16 bits per heavy atom. The fourth-order valence-corrected chi connectivity index (χ4v) is 4.44. The summed E-state index contributed by atoms with van der Waals surface area (Å²) in [4.78, 5) is 35.3. The molecule has 15 heteroatoms. The molecule has 2 aliphatic heterocycles. The highest BCUT2D eigenvalue weighted by atomic mass is 16.5. The van der Waals surface area contributed by atoms with Gasteiger partial charge in [0.05, 0.1) is 38.3 Å². The molecule has 2 atom stereocenters. The molecule has 0 bridgehead atoms. The molecule has 7 N–H and O–H groups in total. The van der Waals surface area contributed by atoms with E-state index in [1.807, 2.05) is 4.57 Å². The number of aliphatic imine (C=N–C) groups is 1. The van der Waals surface area contributed by atoms with Crippen LogP contribution in [0, 0.1) is 5.92 Å². The second-order valence-corrected chi connectivity index (χ2v) is 9.08. The van der Waals surface area contributed by atoms with Crippen molar-refractivity contribution in [1.29, 1.82) is 0 Å². The Hall–Kier alpha value is -3.79. The van der Waals surface area contributed by atoms with E-state index in [9.17, 15) is 20.1 Å². The van der Waals surface area contributed by atoms with Crippen LogP contribution in [-0.2, 0) is 16.1 Å². The quantitative estimate of drug-likeness (QED) is 0.183. The number of hydrogen-bond donors (Lipinski definition) is 5. The van der Waals surface area contributed by atoms with E-state index in [4.69, 9.17) is 16.2 Å². The number of aliphatic hydroxyl groups excluding tert-OH is 3. The standard InChI is InChI=1S/C12H17N5O3.C10H14N5O2/c1-8(19)20-6-9(5-18)2-3-17-7-15-10-4-14-12(13)16-11(10)17;11-9-12-3-7-8(14-9)15(6-13-7)2-1-10(15,4-16)5-17/h4,7,9,18H,2-3,5-6H2,1H3,(H2,13,14,16);3,6,16-17H,1-2,4-5H2,(H2,11,12,14)/q;+1. The number of hydrogen-bond acceptors (Lipinski definition) is 13. The van der Waals surface area contributed by atoms with Gasteiger partial charge >= 0.3 is 5.97 Å². The van der Waals surface area contributed by atoms with Gasteiger partial charge in [0.1, 0.15) is 18.7 Å². The van der Waals surface area contributed by atoms with Crippen LogP contribution in [0.1, 0.15) is 19.8 Å². The number of esters is 1. The Labute approximate surface area is 212 Å².